The van der Waals surface area contributed by atoms with Crippen molar-refractivity contribution in [2.45, 2.75) is 66.2 Å². The molecule has 3 N–H and O–H groups in total. The summed E-state index contributed by atoms with van der Waals surface area (Å²) in [6, 6.07) is 10.7. The van der Waals surface area contributed by atoms with Crippen molar-refractivity contribution in [3.8, 4) is 12.5 Å². The van der Waals surface area contributed by atoms with E-state index in [4.69, 9.17) is 11.2 Å². The van der Waals surface area contributed by atoms with Gasteiger partial charge in [-0.3, -0.25) is 14.5 Å². The lowest BCUT2D eigenvalue weighted by Crippen LogP contribution is -2.52. The average Bonchev–Trinajstić information content (AvgIpc) is 2.78. The molecule has 2 rings (SSSR count). The number of terminal acetylenes is 1. The molecule has 3 amide bonds. The number of nitrogens with one attached hydrogen (secondary N) is 2. The molecule has 2 atom stereocenters. The van der Waals surface area contributed by atoms with Crippen LogP contribution in [0.5, 0.6) is 0 Å². The van der Waals surface area contributed by atoms with E-state index in [1.165, 1.54) is 0 Å². The molecule has 2 aromatic rings. The second-order valence-electron chi connectivity index (χ2n) is 9.67. The van der Waals surface area contributed by atoms with E-state index in [9.17, 15) is 19.5 Å². The zero-order valence-electron chi connectivity index (χ0n) is 21.9. The van der Waals surface area contributed by atoms with Crippen molar-refractivity contribution in [3.63, 3.8) is 0 Å². The van der Waals surface area contributed by atoms with E-state index in [0.29, 0.717) is 11.3 Å². The van der Waals surface area contributed by atoms with Crippen LogP contribution in [0.2, 0.25) is 0 Å². The van der Waals surface area contributed by atoms with Crippen LogP contribution in [0, 0.1) is 40.2 Å². The van der Waals surface area contributed by atoms with Crippen LogP contribution in [0.4, 0.5) is 10.5 Å². The first-order valence-corrected chi connectivity index (χ1v) is 11.6. The number of nitrogens with zero attached hydrogens (tertiary/aromatic N) is 1. The Bertz CT molecular complexity index is 1160. The van der Waals surface area contributed by atoms with Gasteiger partial charge in [0.15, 0.2) is 0 Å². The van der Waals surface area contributed by atoms with Gasteiger partial charge >= 0.3 is 6.09 Å². The molecule has 0 spiro atoms. The van der Waals surface area contributed by atoms with Crippen molar-refractivity contribution in [2.75, 3.05) is 11.9 Å². The molecule has 8 nitrogen and oxygen atoms in total. The minimum absolute atomic E-state index is 0.527. The van der Waals surface area contributed by atoms with Crippen molar-refractivity contribution < 1.29 is 24.2 Å². The van der Waals surface area contributed by atoms with Gasteiger partial charge in [-0.1, -0.05) is 42.8 Å². The Kier molecular flexibility index (Phi) is 9.26. The summed E-state index contributed by atoms with van der Waals surface area (Å²) in [6.07, 6.45) is 4.87. The van der Waals surface area contributed by atoms with Gasteiger partial charge in [0.2, 0.25) is 0 Å². The highest BCUT2D eigenvalue weighted by Crippen LogP contribution is 2.29. The average molecular weight is 494 g/mol. The van der Waals surface area contributed by atoms with E-state index in [0.717, 1.165) is 27.2 Å². The topological polar surface area (TPSA) is 108 Å². The van der Waals surface area contributed by atoms with Gasteiger partial charge in [-0.25, -0.2) is 4.79 Å². The number of hydrogen-bond donors (Lipinski definition) is 3. The molecule has 0 aliphatic carbocycles. The van der Waals surface area contributed by atoms with Crippen LogP contribution in [-0.4, -0.2) is 46.2 Å². The third-order valence-electron chi connectivity index (χ3n) is 5.73. The molecule has 0 aliphatic heterocycles. The second-order valence-corrected chi connectivity index (χ2v) is 9.67. The number of aryl methyl sites for hydroxylation is 3. The Hall–Kier alpha value is -3.83. The maximum Gasteiger partial charge on any atom is 0.408 e. The lowest BCUT2D eigenvalue weighted by molar-refractivity contribution is -0.137. The van der Waals surface area contributed by atoms with Crippen molar-refractivity contribution in [1.82, 2.24) is 10.2 Å². The summed E-state index contributed by atoms with van der Waals surface area (Å²) in [4.78, 5) is 40.4. The molecule has 8 heteroatoms. The fraction of sp³-hybridized carbons (Fsp3) is 0.393. The van der Waals surface area contributed by atoms with Gasteiger partial charge in [-0.15, -0.1) is 0 Å². The number of hydrogen-bond acceptors (Lipinski definition) is 5. The highest BCUT2D eigenvalue weighted by Gasteiger charge is 2.36. The number of carbonyl (C=O) groups excluding carboxylic acids is 3. The summed E-state index contributed by atoms with van der Waals surface area (Å²) in [7, 11) is 0. The van der Waals surface area contributed by atoms with Crippen molar-refractivity contribution in [1.29, 1.82) is 0 Å². The lowest BCUT2D eigenvalue weighted by atomic mass is 9.95. The molecule has 2 unspecified atom stereocenters. The Morgan fingerprint density at radius 1 is 1.03 bits per heavy atom. The van der Waals surface area contributed by atoms with E-state index in [2.05, 4.69) is 16.7 Å². The molecular weight excluding hydrogens is 458 g/mol. The molecule has 2 aromatic carbocycles. The zero-order chi connectivity index (χ0) is 27.2. The number of aliphatic hydroxyl groups excluding tert-OH is 1. The first-order valence-electron chi connectivity index (χ1n) is 11.6. The van der Waals surface area contributed by atoms with E-state index in [-0.39, 0.29) is 0 Å². The van der Waals surface area contributed by atoms with Crippen molar-refractivity contribution >= 4 is 23.6 Å². The molecule has 0 heterocycles. The van der Waals surface area contributed by atoms with Crippen LogP contribution >= 0.6 is 0 Å². The number of alkyl carbamates (subject to hydrolysis) is 1. The maximum atomic E-state index is 13.7. The maximum absolute atomic E-state index is 13.7. The molecule has 0 aromatic heterocycles. The molecule has 36 heavy (non-hydrogen) atoms. The number of aliphatic hydroxyl groups is 1. The van der Waals surface area contributed by atoms with E-state index in [1.54, 1.807) is 32.9 Å². The third-order valence-corrected chi connectivity index (χ3v) is 5.73. The second kappa shape index (κ2) is 11.7. The number of benzene rings is 2. The van der Waals surface area contributed by atoms with E-state index >= 15 is 0 Å². The largest absolute Gasteiger partial charge is 0.444 e. The van der Waals surface area contributed by atoms with Gasteiger partial charge in [0.25, 0.3) is 11.8 Å². The molecule has 0 radical (unpaired) electrons. The van der Waals surface area contributed by atoms with Gasteiger partial charge in [-0.05, 0) is 76.3 Å². The van der Waals surface area contributed by atoms with E-state index in [1.807, 2.05) is 52.0 Å². The number of carbonyl (C=O) groups is 3. The fourth-order valence-corrected chi connectivity index (χ4v) is 3.74. The van der Waals surface area contributed by atoms with Crippen LogP contribution in [0.25, 0.3) is 0 Å². The van der Waals surface area contributed by atoms with Crippen LogP contribution in [0.15, 0.2) is 36.4 Å². The first-order chi connectivity index (χ1) is 16.8. The minimum Gasteiger partial charge on any atom is -0.444 e. The molecule has 0 saturated heterocycles. The summed E-state index contributed by atoms with van der Waals surface area (Å²) >= 11 is 0. The monoisotopic (exact) mass is 493 g/mol. The Morgan fingerprint density at radius 2 is 1.58 bits per heavy atom. The number of para-hydroxylation sites is 1. The molecule has 0 aliphatic rings. The minimum atomic E-state index is -1.42. The molecule has 192 valence electrons. The third kappa shape index (κ3) is 6.86. The number of ether oxygens (including phenoxy) is 1. The molecule has 0 saturated carbocycles. The van der Waals surface area contributed by atoms with Gasteiger partial charge in [0.1, 0.15) is 17.7 Å². The van der Waals surface area contributed by atoms with Crippen LogP contribution in [0.3, 0.4) is 0 Å². The van der Waals surface area contributed by atoms with Crippen molar-refractivity contribution in [3.05, 3.63) is 64.2 Å². The number of amides is 3. The van der Waals surface area contributed by atoms with Gasteiger partial charge in [0, 0.05) is 11.7 Å². The van der Waals surface area contributed by atoms with Gasteiger partial charge < -0.3 is 20.5 Å². The van der Waals surface area contributed by atoms with Gasteiger partial charge in [0.05, 0.1) is 6.61 Å². The quantitative estimate of drug-likeness (QED) is 0.400. The SMILES string of the molecule is C#CN(C(=O)C(CO)NC(=O)OC(C)(C)C)C(C(=O)Nc1c(C)cccc1C)c1cccc(C)c1C. The molecular formula is C28H35N3O5. The smallest absolute Gasteiger partial charge is 0.408 e. The highest BCUT2D eigenvalue weighted by molar-refractivity contribution is 6.00. The van der Waals surface area contributed by atoms with Crippen LogP contribution < -0.4 is 10.6 Å². The number of rotatable bonds is 7. The predicted molar refractivity (Wildman–Crippen MR) is 139 cm³/mol. The lowest BCUT2D eigenvalue weighted by Gasteiger charge is -2.31. The summed E-state index contributed by atoms with van der Waals surface area (Å²) in [5.41, 5.74) is 3.72. The summed E-state index contributed by atoms with van der Waals surface area (Å²) in [5, 5.41) is 15.2. The summed E-state index contributed by atoms with van der Waals surface area (Å²) < 4.78 is 5.20. The first kappa shape index (κ1) is 28.4. The summed E-state index contributed by atoms with van der Waals surface area (Å²) in [6.45, 7) is 11.7. The predicted octanol–water partition coefficient (Wildman–Crippen LogP) is 3.90. The van der Waals surface area contributed by atoms with Crippen LogP contribution in [-0.2, 0) is 14.3 Å². The Labute approximate surface area is 213 Å². The highest BCUT2D eigenvalue weighted by atomic mass is 16.6. The molecule has 0 fully saturated rings. The summed E-state index contributed by atoms with van der Waals surface area (Å²) in [5.74, 6) is -1.35. The van der Waals surface area contributed by atoms with Crippen molar-refractivity contribution in [2.24, 2.45) is 0 Å². The zero-order valence-corrected chi connectivity index (χ0v) is 21.9. The normalized spacial score (nSPS) is 12.6. The van der Waals surface area contributed by atoms with Gasteiger partial charge in [-0.2, -0.15) is 0 Å². The number of anilines is 1. The fourth-order valence-electron chi connectivity index (χ4n) is 3.74. The van der Waals surface area contributed by atoms with Crippen LogP contribution in [0.1, 0.15) is 54.6 Å². The Morgan fingerprint density at radius 3 is 2.11 bits per heavy atom. The Balaban J connectivity index is 2.51. The molecule has 0 bridgehead atoms. The standard InChI is InChI=1S/C28H35N3O5/c1-9-31(26(34)22(16-32)29-27(35)36-28(6,7)8)24(21-15-11-12-17(2)20(21)5)25(33)30-23-18(3)13-10-14-19(23)4/h1,10-15,22,24,32H,16H2,2-8H3,(H,29,35)(H,30,33). The van der Waals surface area contributed by atoms with E-state index < -0.39 is 42.2 Å².